The van der Waals surface area contributed by atoms with Gasteiger partial charge in [0, 0.05) is 11.8 Å². The molecule has 0 aromatic heterocycles. The lowest BCUT2D eigenvalue weighted by molar-refractivity contribution is 1.17. The van der Waals surface area contributed by atoms with Crippen LogP contribution in [0, 0.1) is 11.8 Å². The summed E-state index contributed by atoms with van der Waals surface area (Å²) < 4.78 is 0. The Morgan fingerprint density at radius 2 is 0.750 bits per heavy atom. The van der Waals surface area contributed by atoms with Crippen LogP contribution in [0.5, 0.6) is 0 Å². The molecule has 2 heteroatoms. The van der Waals surface area contributed by atoms with Crippen molar-refractivity contribution in [1.29, 1.82) is 0 Å². The molecular formula is C42H28N2. The summed E-state index contributed by atoms with van der Waals surface area (Å²) in [7, 11) is 0. The van der Waals surface area contributed by atoms with Crippen molar-refractivity contribution in [2.75, 3.05) is 0 Å². The molecule has 0 bridgehead atoms. The smallest absolute Gasteiger partial charge is 0.0675 e. The first-order chi connectivity index (χ1) is 21.8. The van der Waals surface area contributed by atoms with Crippen LogP contribution in [0.1, 0.15) is 11.1 Å². The predicted molar refractivity (Wildman–Crippen MR) is 187 cm³/mol. The van der Waals surface area contributed by atoms with Gasteiger partial charge in [-0.15, -0.1) is 0 Å². The van der Waals surface area contributed by atoms with Crippen LogP contribution in [0.15, 0.2) is 168 Å². The molecule has 0 saturated carbocycles. The maximum atomic E-state index is 4.90. The number of nitrogens with zero attached hydrogens (tertiary/aromatic N) is 2. The van der Waals surface area contributed by atoms with Crippen LogP contribution >= 0.6 is 0 Å². The minimum absolute atomic E-state index is 0.283. The molecule has 206 valence electrons. The quantitative estimate of drug-likeness (QED) is 0.195. The van der Waals surface area contributed by atoms with Crippen molar-refractivity contribution in [3.05, 3.63) is 169 Å². The van der Waals surface area contributed by atoms with Crippen molar-refractivity contribution in [2.24, 2.45) is 21.8 Å². The molecule has 0 amide bonds. The summed E-state index contributed by atoms with van der Waals surface area (Å²) in [5, 5.41) is 5.03. The molecule has 44 heavy (non-hydrogen) atoms. The van der Waals surface area contributed by atoms with Crippen LogP contribution in [0.3, 0.4) is 0 Å². The molecule has 4 aliphatic rings. The average Bonchev–Trinajstić information content (AvgIpc) is 3.72. The van der Waals surface area contributed by atoms with Gasteiger partial charge >= 0.3 is 0 Å². The van der Waals surface area contributed by atoms with Crippen LogP contribution in [0.4, 0.5) is 0 Å². The fourth-order valence-corrected chi connectivity index (χ4v) is 6.98. The Hall–Kier alpha value is -5.60. The second-order valence-corrected chi connectivity index (χ2v) is 11.7. The first-order valence-electron chi connectivity index (χ1n) is 15.3. The molecule has 2 unspecified atom stereocenters. The topological polar surface area (TPSA) is 24.7 Å². The first-order valence-corrected chi connectivity index (χ1v) is 15.3. The van der Waals surface area contributed by atoms with Crippen LogP contribution < -0.4 is 0 Å². The van der Waals surface area contributed by atoms with Crippen molar-refractivity contribution in [3.63, 3.8) is 0 Å². The zero-order valence-corrected chi connectivity index (χ0v) is 24.1. The van der Waals surface area contributed by atoms with Gasteiger partial charge in [-0.05, 0) is 79.2 Å². The molecular weight excluding hydrogens is 532 g/mol. The first kappa shape index (κ1) is 24.9. The van der Waals surface area contributed by atoms with Gasteiger partial charge in [-0.1, -0.05) is 134 Å². The van der Waals surface area contributed by atoms with E-state index in [0.717, 1.165) is 33.9 Å². The van der Waals surface area contributed by atoms with Crippen LogP contribution in [-0.4, -0.2) is 11.4 Å². The summed E-state index contributed by atoms with van der Waals surface area (Å²) in [5.41, 5.74) is 11.6. The maximum absolute atomic E-state index is 4.90. The van der Waals surface area contributed by atoms with Gasteiger partial charge in [0.05, 0.1) is 22.8 Å². The van der Waals surface area contributed by atoms with E-state index in [9.17, 15) is 0 Å². The molecule has 5 aromatic rings. The molecule has 9 rings (SSSR count). The van der Waals surface area contributed by atoms with Crippen molar-refractivity contribution >= 4 is 44.4 Å². The summed E-state index contributed by atoms with van der Waals surface area (Å²) in [5.74, 6) is 0.566. The minimum atomic E-state index is 0.283. The van der Waals surface area contributed by atoms with E-state index in [2.05, 4.69) is 158 Å². The molecule has 0 radical (unpaired) electrons. The van der Waals surface area contributed by atoms with E-state index < -0.39 is 0 Å². The van der Waals surface area contributed by atoms with Gasteiger partial charge in [-0.25, -0.2) is 0 Å². The Balaban J connectivity index is 1.15. The third kappa shape index (κ3) is 4.03. The number of aliphatic imine (C=N–C) groups is 2. The number of allylic oxidation sites excluding steroid dienone is 10. The second kappa shape index (κ2) is 10.00. The molecule has 2 heterocycles. The molecule has 5 aromatic carbocycles. The van der Waals surface area contributed by atoms with Gasteiger partial charge < -0.3 is 0 Å². The lowest BCUT2D eigenvalue weighted by Gasteiger charge is -2.18. The number of hydrogen-bond acceptors (Lipinski definition) is 2. The lowest BCUT2D eigenvalue weighted by atomic mass is 9.85. The Morgan fingerprint density at radius 3 is 1.11 bits per heavy atom. The standard InChI is InChI=1S/C42H28N2/c1-7-15-37-31(9-1)25-39(43-37)27-17-21-29(22-18-27)41-33-11-3-5-13-35(33)42(36-14-6-4-12-34(36)41)30-23-19-28(20-24-30)40-26-32-10-2-8-16-38(32)44-40/h1-26,31-32H. The Labute approximate surface area is 256 Å². The Morgan fingerprint density at radius 1 is 0.386 bits per heavy atom. The normalized spacial score (nSPS) is 19.5. The summed E-state index contributed by atoms with van der Waals surface area (Å²) >= 11 is 0. The van der Waals surface area contributed by atoms with Gasteiger partial charge in [0.15, 0.2) is 0 Å². The molecule has 2 nitrogen and oxygen atoms in total. The van der Waals surface area contributed by atoms with E-state index in [1.807, 2.05) is 0 Å². The van der Waals surface area contributed by atoms with Crippen molar-refractivity contribution in [3.8, 4) is 22.3 Å². The summed E-state index contributed by atoms with van der Waals surface area (Å²) in [6.07, 6.45) is 21.5. The largest absolute Gasteiger partial charge is 0.252 e. The van der Waals surface area contributed by atoms with Crippen molar-refractivity contribution in [2.45, 2.75) is 0 Å². The molecule has 2 aliphatic carbocycles. The molecule has 0 saturated heterocycles. The average molecular weight is 561 g/mol. The van der Waals surface area contributed by atoms with Gasteiger partial charge in [-0.3, -0.25) is 9.98 Å². The molecule has 0 N–H and O–H groups in total. The highest BCUT2D eigenvalue weighted by atomic mass is 14.8. The number of fused-ring (bicyclic) bond motifs is 4. The van der Waals surface area contributed by atoms with E-state index in [-0.39, 0.29) is 11.8 Å². The zero-order chi connectivity index (χ0) is 29.0. The van der Waals surface area contributed by atoms with Gasteiger partial charge in [0.2, 0.25) is 0 Å². The van der Waals surface area contributed by atoms with Crippen molar-refractivity contribution in [1.82, 2.24) is 0 Å². The van der Waals surface area contributed by atoms with E-state index in [1.165, 1.54) is 43.8 Å². The lowest BCUT2D eigenvalue weighted by Crippen LogP contribution is -2.04. The number of benzene rings is 5. The summed E-state index contributed by atoms with van der Waals surface area (Å²) in [6.45, 7) is 0. The van der Waals surface area contributed by atoms with Crippen LogP contribution in [0.2, 0.25) is 0 Å². The Bertz CT molecular complexity index is 2030. The molecule has 0 fully saturated rings. The summed E-state index contributed by atoms with van der Waals surface area (Å²) in [6, 6.07) is 35.5. The summed E-state index contributed by atoms with van der Waals surface area (Å²) in [4.78, 5) is 9.80. The monoisotopic (exact) mass is 560 g/mol. The molecule has 2 aliphatic heterocycles. The minimum Gasteiger partial charge on any atom is -0.252 e. The third-order valence-corrected chi connectivity index (χ3v) is 9.12. The van der Waals surface area contributed by atoms with Crippen molar-refractivity contribution < 1.29 is 0 Å². The molecule has 2 atom stereocenters. The SMILES string of the molecule is C1=CC2=NC(c3ccc(-c4c5ccccc5c(-c5ccc(C6=CC7C=CC=CC7=N6)cc5)c5ccccc45)cc3)=CC2C=C1. The van der Waals surface area contributed by atoms with E-state index in [1.54, 1.807) is 0 Å². The van der Waals surface area contributed by atoms with Gasteiger partial charge in [0.25, 0.3) is 0 Å². The Kier molecular flexibility index (Phi) is 5.67. The highest BCUT2D eigenvalue weighted by Gasteiger charge is 2.22. The maximum Gasteiger partial charge on any atom is 0.0675 e. The zero-order valence-electron chi connectivity index (χ0n) is 24.1. The fraction of sp³-hybridized carbons (Fsp3) is 0.0476. The fourth-order valence-electron chi connectivity index (χ4n) is 6.98. The van der Waals surface area contributed by atoms with E-state index >= 15 is 0 Å². The predicted octanol–water partition coefficient (Wildman–Crippen LogP) is 10.4. The second-order valence-electron chi connectivity index (χ2n) is 11.7. The van der Waals surface area contributed by atoms with E-state index in [0.29, 0.717) is 0 Å². The molecule has 0 spiro atoms. The van der Waals surface area contributed by atoms with Crippen LogP contribution in [-0.2, 0) is 0 Å². The highest BCUT2D eigenvalue weighted by molar-refractivity contribution is 6.21. The van der Waals surface area contributed by atoms with Crippen LogP contribution in [0.25, 0.3) is 55.2 Å². The van der Waals surface area contributed by atoms with Gasteiger partial charge in [-0.2, -0.15) is 0 Å². The third-order valence-electron chi connectivity index (χ3n) is 9.12. The van der Waals surface area contributed by atoms with E-state index in [4.69, 9.17) is 9.98 Å². The number of hydrogen-bond donors (Lipinski definition) is 0. The highest BCUT2D eigenvalue weighted by Crippen LogP contribution is 2.44. The van der Waals surface area contributed by atoms with Gasteiger partial charge in [0.1, 0.15) is 0 Å². The number of rotatable bonds is 4.